The molecule has 0 aromatic heterocycles. The lowest BCUT2D eigenvalue weighted by Gasteiger charge is -2.28. The summed E-state index contributed by atoms with van der Waals surface area (Å²) < 4.78 is 0. The largest absolute Gasteiger partial charge is 0.480 e. The van der Waals surface area contributed by atoms with E-state index in [1.54, 1.807) is 6.92 Å². The molecule has 1 atom stereocenters. The molecule has 0 saturated heterocycles. The number of benzene rings is 2. The second-order valence-electron chi connectivity index (χ2n) is 5.55. The highest BCUT2D eigenvalue weighted by Crippen LogP contribution is 2.27. The van der Waals surface area contributed by atoms with Crippen LogP contribution in [0.3, 0.4) is 0 Å². The van der Waals surface area contributed by atoms with E-state index < -0.39 is 11.5 Å². The number of fused-ring (bicyclic) bond motifs is 1. The molecule has 2 aromatic rings. The Bertz CT molecular complexity index is 632. The summed E-state index contributed by atoms with van der Waals surface area (Å²) in [5.74, 6) is -0.962. The number of nitrogens with two attached hydrogens (primary N) is 1. The van der Waals surface area contributed by atoms with Crippen LogP contribution in [-0.4, -0.2) is 29.7 Å². The van der Waals surface area contributed by atoms with Crippen molar-refractivity contribution in [2.45, 2.75) is 25.8 Å². The molecule has 0 bridgehead atoms. The molecule has 0 heterocycles. The quantitative estimate of drug-likeness (QED) is 0.857. The zero-order valence-electron chi connectivity index (χ0n) is 12.5. The molecule has 2 rings (SSSR count). The van der Waals surface area contributed by atoms with Crippen LogP contribution in [-0.2, 0) is 4.79 Å². The molecule has 0 aliphatic carbocycles. The number of aliphatic carboxylic acids is 1. The van der Waals surface area contributed by atoms with E-state index in [-0.39, 0.29) is 0 Å². The van der Waals surface area contributed by atoms with Crippen molar-refractivity contribution in [1.29, 1.82) is 0 Å². The standard InChI is InChI=1S/C17H22N2O2/c1-3-19(12-11-17(2,18)16(20)21)15-10-6-8-13-7-4-5-9-14(13)15/h4-10H,3,11-12,18H2,1-2H3,(H,20,21). The molecular formula is C17H22N2O2. The van der Waals surface area contributed by atoms with E-state index >= 15 is 0 Å². The maximum atomic E-state index is 11.1. The molecule has 0 amide bonds. The van der Waals surface area contributed by atoms with Crippen LogP contribution in [0.2, 0.25) is 0 Å². The number of hydrogen-bond donors (Lipinski definition) is 2. The van der Waals surface area contributed by atoms with Crippen LogP contribution in [0.15, 0.2) is 42.5 Å². The van der Waals surface area contributed by atoms with Crippen molar-refractivity contribution in [1.82, 2.24) is 0 Å². The van der Waals surface area contributed by atoms with Gasteiger partial charge < -0.3 is 15.7 Å². The highest BCUT2D eigenvalue weighted by Gasteiger charge is 2.28. The predicted molar refractivity (Wildman–Crippen MR) is 86.7 cm³/mol. The molecule has 4 nitrogen and oxygen atoms in total. The maximum Gasteiger partial charge on any atom is 0.323 e. The molecule has 4 heteroatoms. The number of hydrogen-bond acceptors (Lipinski definition) is 3. The predicted octanol–water partition coefficient (Wildman–Crippen LogP) is 2.86. The molecule has 0 saturated carbocycles. The molecule has 0 radical (unpaired) electrons. The van der Waals surface area contributed by atoms with E-state index in [4.69, 9.17) is 10.8 Å². The summed E-state index contributed by atoms with van der Waals surface area (Å²) in [4.78, 5) is 13.3. The Hall–Kier alpha value is -2.07. The molecule has 0 aliphatic heterocycles. The Kier molecular flexibility index (Phi) is 4.48. The number of rotatable bonds is 6. The van der Waals surface area contributed by atoms with Crippen molar-refractivity contribution in [2.75, 3.05) is 18.0 Å². The minimum Gasteiger partial charge on any atom is -0.480 e. The average Bonchev–Trinajstić information content (AvgIpc) is 2.47. The lowest BCUT2D eigenvalue weighted by atomic mass is 9.99. The fraction of sp³-hybridized carbons (Fsp3) is 0.353. The molecule has 3 N–H and O–H groups in total. The molecule has 1 unspecified atom stereocenters. The molecule has 112 valence electrons. The van der Waals surface area contributed by atoms with Crippen LogP contribution in [0.5, 0.6) is 0 Å². The Balaban J connectivity index is 2.26. The van der Waals surface area contributed by atoms with Gasteiger partial charge in [0.15, 0.2) is 0 Å². The second-order valence-corrected chi connectivity index (χ2v) is 5.55. The van der Waals surface area contributed by atoms with E-state index in [9.17, 15) is 4.79 Å². The Morgan fingerprint density at radius 1 is 1.24 bits per heavy atom. The van der Waals surface area contributed by atoms with Crippen molar-refractivity contribution in [2.24, 2.45) is 5.73 Å². The zero-order valence-corrected chi connectivity index (χ0v) is 12.5. The second kappa shape index (κ2) is 6.14. The zero-order chi connectivity index (χ0) is 15.5. The average molecular weight is 286 g/mol. The van der Waals surface area contributed by atoms with E-state index in [2.05, 4.69) is 36.1 Å². The Labute approximate surface area is 125 Å². The molecule has 2 aromatic carbocycles. The van der Waals surface area contributed by atoms with E-state index in [0.29, 0.717) is 13.0 Å². The fourth-order valence-electron chi connectivity index (χ4n) is 2.41. The van der Waals surface area contributed by atoms with Gasteiger partial charge in [-0.2, -0.15) is 0 Å². The third-order valence-corrected chi connectivity index (χ3v) is 3.88. The normalized spacial score (nSPS) is 13.9. The van der Waals surface area contributed by atoms with Gasteiger partial charge in [0, 0.05) is 24.2 Å². The van der Waals surface area contributed by atoms with E-state index in [0.717, 1.165) is 12.2 Å². The van der Waals surface area contributed by atoms with Crippen LogP contribution in [0, 0.1) is 0 Å². The van der Waals surface area contributed by atoms with Crippen molar-refractivity contribution >= 4 is 22.4 Å². The van der Waals surface area contributed by atoms with Gasteiger partial charge in [-0.3, -0.25) is 4.79 Å². The first-order chi connectivity index (χ1) is 9.95. The lowest BCUT2D eigenvalue weighted by molar-refractivity contribution is -0.142. The maximum absolute atomic E-state index is 11.1. The summed E-state index contributed by atoms with van der Waals surface area (Å²) in [7, 11) is 0. The number of carbonyl (C=O) groups is 1. The summed E-state index contributed by atoms with van der Waals surface area (Å²) in [6, 6.07) is 14.4. The van der Waals surface area contributed by atoms with Crippen LogP contribution < -0.4 is 10.6 Å². The van der Waals surface area contributed by atoms with Crippen LogP contribution in [0.1, 0.15) is 20.3 Å². The third kappa shape index (κ3) is 3.34. The molecule has 0 aliphatic rings. The number of carboxylic acid groups (broad SMARTS) is 1. The lowest BCUT2D eigenvalue weighted by Crippen LogP contribution is -2.47. The van der Waals surface area contributed by atoms with Crippen molar-refractivity contribution in [3.05, 3.63) is 42.5 Å². The van der Waals surface area contributed by atoms with Gasteiger partial charge >= 0.3 is 5.97 Å². The molecule has 0 fully saturated rings. The summed E-state index contributed by atoms with van der Waals surface area (Å²) in [6.07, 6.45) is 0.402. The first-order valence-corrected chi connectivity index (χ1v) is 7.20. The van der Waals surface area contributed by atoms with Gasteiger partial charge in [0.2, 0.25) is 0 Å². The highest BCUT2D eigenvalue weighted by atomic mass is 16.4. The first kappa shape index (κ1) is 15.3. The van der Waals surface area contributed by atoms with Gasteiger partial charge in [-0.25, -0.2) is 0 Å². The van der Waals surface area contributed by atoms with Gasteiger partial charge in [0.1, 0.15) is 5.54 Å². The van der Waals surface area contributed by atoms with Crippen molar-refractivity contribution in [3.63, 3.8) is 0 Å². The van der Waals surface area contributed by atoms with Crippen LogP contribution in [0.25, 0.3) is 10.8 Å². The summed E-state index contributed by atoms with van der Waals surface area (Å²) in [5.41, 5.74) is 5.75. The SMILES string of the molecule is CCN(CCC(C)(N)C(=O)O)c1cccc2ccccc12. The minimum atomic E-state index is -1.20. The number of anilines is 1. The molecule has 21 heavy (non-hydrogen) atoms. The van der Waals surface area contributed by atoms with E-state index in [1.165, 1.54) is 10.8 Å². The van der Waals surface area contributed by atoms with Crippen LogP contribution in [0.4, 0.5) is 5.69 Å². The number of nitrogens with zero attached hydrogens (tertiary/aromatic N) is 1. The van der Waals surface area contributed by atoms with Crippen LogP contribution >= 0.6 is 0 Å². The summed E-state index contributed by atoms with van der Waals surface area (Å²) >= 11 is 0. The number of carboxylic acids is 1. The fourth-order valence-corrected chi connectivity index (χ4v) is 2.41. The molecule has 0 spiro atoms. The Morgan fingerprint density at radius 3 is 2.57 bits per heavy atom. The smallest absolute Gasteiger partial charge is 0.323 e. The van der Waals surface area contributed by atoms with Gasteiger partial charge in [0.25, 0.3) is 0 Å². The third-order valence-electron chi connectivity index (χ3n) is 3.88. The van der Waals surface area contributed by atoms with Gasteiger partial charge in [-0.1, -0.05) is 36.4 Å². The van der Waals surface area contributed by atoms with Crippen molar-refractivity contribution in [3.8, 4) is 0 Å². The minimum absolute atomic E-state index is 0.402. The van der Waals surface area contributed by atoms with Gasteiger partial charge in [-0.05, 0) is 31.7 Å². The van der Waals surface area contributed by atoms with E-state index in [1.807, 2.05) is 18.2 Å². The van der Waals surface area contributed by atoms with Gasteiger partial charge in [-0.15, -0.1) is 0 Å². The first-order valence-electron chi connectivity index (χ1n) is 7.20. The monoisotopic (exact) mass is 286 g/mol. The summed E-state index contributed by atoms with van der Waals surface area (Å²) in [6.45, 7) is 5.05. The Morgan fingerprint density at radius 2 is 1.90 bits per heavy atom. The topological polar surface area (TPSA) is 66.6 Å². The summed E-state index contributed by atoms with van der Waals surface area (Å²) in [5, 5.41) is 11.5. The molecular weight excluding hydrogens is 264 g/mol. The highest BCUT2D eigenvalue weighted by molar-refractivity contribution is 5.94. The van der Waals surface area contributed by atoms with Gasteiger partial charge in [0.05, 0.1) is 0 Å². The van der Waals surface area contributed by atoms with Crippen molar-refractivity contribution < 1.29 is 9.90 Å².